The van der Waals surface area contributed by atoms with E-state index in [0.717, 1.165) is 12.1 Å². The molecule has 2 aromatic rings. The number of sulfone groups is 1. The van der Waals surface area contributed by atoms with Gasteiger partial charge >= 0.3 is 0 Å². The van der Waals surface area contributed by atoms with Crippen LogP contribution >= 0.6 is 11.6 Å². The van der Waals surface area contributed by atoms with Crippen molar-refractivity contribution in [3.05, 3.63) is 58.6 Å². The first-order valence-corrected chi connectivity index (χ1v) is 13.3. The van der Waals surface area contributed by atoms with Gasteiger partial charge in [0, 0.05) is 17.5 Å². The lowest BCUT2D eigenvalue weighted by molar-refractivity contribution is 0.0771. The molecule has 1 saturated carbocycles. The third-order valence-corrected chi connectivity index (χ3v) is 9.71. The summed E-state index contributed by atoms with van der Waals surface area (Å²) in [5.74, 6) is -3.59. The van der Waals surface area contributed by atoms with E-state index in [-0.39, 0.29) is 30.0 Å². The molecule has 1 aliphatic heterocycles. The Morgan fingerprint density at radius 1 is 1.09 bits per heavy atom. The molecule has 12 heteroatoms. The zero-order chi connectivity index (χ0) is 23.3. The summed E-state index contributed by atoms with van der Waals surface area (Å²) in [5.41, 5.74) is -0.357. The molecular weight excluding hydrogens is 486 g/mol. The summed E-state index contributed by atoms with van der Waals surface area (Å²) in [4.78, 5) is -0.0940. The molecule has 174 valence electrons. The maximum atomic E-state index is 15.2. The molecule has 7 nitrogen and oxygen atoms in total. The van der Waals surface area contributed by atoms with E-state index < -0.39 is 54.0 Å². The Balaban J connectivity index is 1.95. The lowest BCUT2D eigenvalue weighted by atomic mass is 9.67. The van der Waals surface area contributed by atoms with Crippen LogP contribution in [0.3, 0.4) is 0 Å². The normalized spacial score (nSPS) is 25.5. The zero-order valence-electron chi connectivity index (χ0n) is 16.7. The van der Waals surface area contributed by atoms with Crippen molar-refractivity contribution in [3.63, 3.8) is 0 Å². The first kappa shape index (κ1) is 23.4. The van der Waals surface area contributed by atoms with E-state index in [1.165, 1.54) is 24.3 Å². The molecule has 4 rings (SSSR count). The van der Waals surface area contributed by atoms with Gasteiger partial charge in [0.05, 0.1) is 17.1 Å². The standard InChI is InChI=1S/C20H21ClF2N2O5S2/c21-13-3-5-14(6-4-13)31(26,27)20-9-1-2-12(10-25-32(24,28)29)15(20)11-30-19-17(23)8-7-16(22)18(19)20/h3-8,12,15,25H,1-2,9-11H2,(H2,24,28,29)/t12-,15-,20-/m0/s1. The largest absolute Gasteiger partial charge is 0.490 e. The van der Waals surface area contributed by atoms with E-state index >= 15 is 4.39 Å². The van der Waals surface area contributed by atoms with E-state index in [0.29, 0.717) is 17.9 Å². The molecule has 32 heavy (non-hydrogen) atoms. The number of nitrogens with one attached hydrogen (secondary N) is 1. The molecule has 0 spiro atoms. The van der Waals surface area contributed by atoms with E-state index in [1.54, 1.807) is 0 Å². The summed E-state index contributed by atoms with van der Waals surface area (Å²) in [6.45, 7) is -0.381. The lowest BCUT2D eigenvalue weighted by Crippen LogP contribution is -2.56. The number of fused-ring (bicyclic) bond motifs is 3. The van der Waals surface area contributed by atoms with Crippen molar-refractivity contribution in [3.8, 4) is 5.75 Å². The minimum absolute atomic E-state index is 0.0191. The van der Waals surface area contributed by atoms with Crippen molar-refractivity contribution in [2.75, 3.05) is 13.2 Å². The van der Waals surface area contributed by atoms with E-state index in [1.807, 2.05) is 0 Å². The average Bonchev–Trinajstić information content (AvgIpc) is 2.73. The van der Waals surface area contributed by atoms with Gasteiger partial charge in [0.15, 0.2) is 21.4 Å². The average molecular weight is 507 g/mol. The van der Waals surface area contributed by atoms with Gasteiger partial charge in [-0.3, -0.25) is 0 Å². The number of benzene rings is 2. The van der Waals surface area contributed by atoms with Crippen LogP contribution in [0.4, 0.5) is 8.78 Å². The van der Waals surface area contributed by atoms with Crippen molar-refractivity contribution >= 4 is 31.6 Å². The van der Waals surface area contributed by atoms with Gasteiger partial charge in [0.1, 0.15) is 10.6 Å². The second-order valence-electron chi connectivity index (χ2n) is 8.04. The molecule has 0 bridgehead atoms. The van der Waals surface area contributed by atoms with E-state index in [4.69, 9.17) is 21.5 Å². The van der Waals surface area contributed by atoms with Crippen molar-refractivity contribution in [1.82, 2.24) is 4.72 Å². The second kappa shape index (κ2) is 8.21. The highest BCUT2D eigenvalue weighted by molar-refractivity contribution is 7.92. The molecule has 0 amide bonds. The maximum Gasteiger partial charge on any atom is 0.274 e. The Labute approximate surface area is 190 Å². The zero-order valence-corrected chi connectivity index (χ0v) is 19.1. The Hall–Kier alpha value is -1.79. The monoisotopic (exact) mass is 506 g/mol. The van der Waals surface area contributed by atoms with Gasteiger partial charge in [-0.15, -0.1) is 0 Å². The highest BCUT2D eigenvalue weighted by Crippen LogP contribution is 2.57. The first-order chi connectivity index (χ1) is 15.0. The molecule has 2 aliphatic rings. The van der Waals surface area contributed by atoms with Gasteiger partial charge in [-0.25, -0.2) is 27.1 Å². The van der Waals surface area contributed by atoms with Crippen molar-refractivity contribution in [1.29, 1.82) is 0 Å². The summed E-state index contributed by atoms with van der Waals surface area (Å²) >= 11 is 5.92. The maximum absolute atomic E-state index is 15.2. The van der Waals surface area contributed by atoms with Gasteiger partial charge in [0.25, 0.3) is 10.2 Å². The molecule has 0 aromatic heterocycles. The molecule has 1 fully saturated rings. The highest BCUT2D eigenvalue weighted by Gasteiger charge is 2.60. The predicted molar refractivity (Wildman–Crippen MR) is 114 cm³/mol. The van der Waals surface area contributed by atoms with Crippen LogP contribution in [0.2, 0.25) is 5.02 Å². The topological polar surface area (TPSA) is 116 Å². The van der Waals surface area contributed by atoms with Gasteiger partial charge in [-0.1, -0.05) is 18.0 Å². The fourth-order valence-corrected chi connectivity index (χ4v) is 8.00. The van der Waals surface area contributed by atoms with Crippen LogP contribution in [0.25, 0.3) is 0 Å². The number of ether oxygens (including phenoxy) is 1. The van der Waals surface area contributed by atoms with Crippen molar-refractivity contribution in [2.45, 2.75) is 28.9 Å². The van der Waals surface area contributed by atoms with E-state index in [2.05, 4.69) is 4.72 Å². The fourth-order valence-electron chi connectivity index (χ4n) is 4.98. The quantitative estimate of drug-likeness (QED) is 0.647. The Kier molecular flexibility index (Phi) is 6.00. The van der Waals surface area contributed by atoms with Crippen LogP contribution in [0.1, 0.15) is 24.8 Å². The smallest absolute Gasteiger partial charge is 0.274 e. The van der Waals surface area contributed by atoms with Crippen LogP contribution in [0, 0.1) is 23.5 Å². The molecule has 1 heterocycles. The summed E-state index contributed by atoms with van der Waals surface area (Å²) in [7, 11) is -8.33. The third-order valence-electron chi connectivity index (χ3n) is 6.33. The molecule has 0 radical (unpaired) electrons. The molecule has 2 aromatic carbocycles. The Morgan fingerprint density at radius 2 is 1.75 bits per heavy atom. The molecule has 3 atom stereocenters. The molecule has 1 aliphatic carbocycles. The van der Waals surface area contributed by atoms with Crippen molar-refractivity contribution in [2.24, 2.45) is 17.0 Å². The van der Waals surface area contributed by atoms with Crippen LogP contribution < -0.4 is 14.6 Å². The lowest BCUT2D eigenvalue weighted by Gasteiger charge is -2.50. The summed E-state index contributed by atoms with van der Waals surface area (Å²) < 4.78 is 86.8. The fraction of sp³-hybridized carbons (Fsp3) is 0.400. The van der Waals surface area contributed by atoms with Crippen molar-refractivity contribution < 1.29 is 30.4 Å². The Morgan fingerprint density at radius 3 is 2.41 bits per heavy atom. The number of hydrogen-bond acceptors (Lipinski definition) is 5. The number of hydrogen-bond donors (Lipinski definition) is 2. The van der Waals surface area contributed by atoms with Crippen LogP contribution in [-0.2, 0) is 24.8 Å². The minimum Gasteiger partial charge on any atom is -0.490 e. The second-order valence-corrected chi connectivity index (χ2v) is 12.1. The molecule has 0 unspecified atom stereocenters. The number of rotatable bonds is 5. The summed E-state index contributed by atoms with van der Waals surface area (Å²) in [6.07, 6.45) is 0.821. The molecule has 0 saturated heterocycles. The third kappa shape index (κ3) is 3.79. The molecule has 3 N–H and O–H groups in total. The van der Waals surface area contributed by atoms with Gasteiger partial charge in [-0.05, 0) is 55.2 Å². The van der Waals surface area contributed by atoms with Crippen LogP contribution in [0.5, 0.6) is 5.75 Å². The minimum atomic E-state index is -4.29. The Bertz CT molecular complexity index is 1260. The number of halogens is 3. The SMILES string of the molecule is NS(=O)(=O)NC[C@@H]1CCC[C@@]2(S(=O)(=O)c3ccc(Cl)cc3)c3c(F)ccc(F)c3OC[C@@H]12. The predicted octanol–water partition coefficient (Wildman–Crippen LogP) is 2.89. The summed E-state index contributed by atoms with van der Waals surface area (Å²) in [6, 6.07) is 7.23. The molecular formula is C20H21ClF2N2O5S2. The van der Waals surface area contributed by atoms with Gasteiger partial charge in [0.2, 0.25) is 0 Å². The van der Waals surface area contributed by atoms with Crippen LogP contribution in [-0.4, -0.2) is 30.0 Å². The number of nitrogens with two attached hydrogens (primary N) is 1. The van der Waals surface area contributed by atoms with Gasteiger partial charge in [-0.2, -0.15) is 8.42 Å². The highest BCUT2D eigenvalue weighted by atomic mass is 35.5. The summed E-state index contributed by atoms with van der Waals surface area (Å²) in [5, 5.41) is 5.38. The first-order valence-electron chi connectivity index (χ1n) is 9.86. The van der Waals surface area contributed by atoms with Crippen LogP contribution in [0.15, 0.2) is 41.3 Å². The van der Waals surface area contributed by atoms with E-state index in [9.17, 15) is 21.2 Å². The van der Waals surface area contributed by atoms with Gasteiger partial charge < -0.3 is 4.74 Å².